The van der Waals surface area contributed by atoms with Crippen LogP contribution in [0.15, 0.2) is 65.6 Å². The molecule has 1 amide bonds. The number of hydrogen-bond donors (Lipinski definition) is 1. The van der Waals surface area contributed by atoms with Crippen LogP contribution in [0.2, 0.25) is 0 Å². The zero-order chi connectivity index (χ0) is 23.0. The van der Waals surface area contributed by atoms with Crippen molar-refractivity contribution in [2.75, 3.05) is 16.2 Å². The van der Waals surface area contributed by atoms with Crippen LogP contribution in [0.5, 0.6) is 5.75 Å². The molecule has 1 atom stereocenters. The molecule has 0 aromatic heterocycles. The van der Waals surface area contributed by atoms with Gasteiger partial charge in [-0.05, 0) is 55.8 Å². The fraction of sp³-hybridized carbons (Fsp3) is 0.174. The lowest BCUT2D eigenvalue weighted by Crippen LogP contribution is -2.48. The molecule has 1 aliphatic rings. The van der Waals surface area contributed by atoms with Gasteiger partial charge in [0.05, 0.1) is 22.8 Å². The molecule has 0 fully saturated rings. The van der Waals surface area contributed by atoms with Gasteiger partial charge >= 0.3 is 0 Å². The number of aryl methyl sites for hydroxylation is 2. The van der Waals surface area contributed by atoms with Gasteiger partial charge in [-0.1, -0.05) is 23.8 Å². The first-order valence-electron chi connectivity index (χ1n) is 9.78. The minimum Gasteiger partial charge on any atom is -0.476 e. The van der Waals surface area contributed by atoms with E-state index in [0.29, 0.717) is 11.8 Å². The van der Waals surface area contributed by atoms with Crippen LogP contribution in [0.4, 0.5) is 20.2 Å². The van der Waals surface area contributed by atoms with Crippen molar-refractivity contribution in [3.05, 3.63) is 83.4 Å². The zero-order valence-corrected chi connectivity index (χ0v) is 18.1. The van der Waals surface area contributed by atoms with Gasteiger partial charge in [0.1, 0.15) is 17.4 Å². The second kappa shape index (κ2) is 8.23. The maximum Gasteiger partial charge on any atom is 0.267 e. The van der Waals surface area contributed by atoms with Crippen LogP contribution in [-0.2, 0) is 14.8 Å². The summed E-state index contributed by atoms with van der Waals surface area (Å²) in [4.78, 5) is 12.9. The van der Waals surface area contributed by atoms with Crippen LogP contribution in [0, 0.1) is 25.5 Å². The predicted octanol–water partition coefficient (Wildman–Crippen LogP) is 4.18. The smallest absolute Gasteiger partial charge is 0.267 e. The minimum absolute atomic E-state index is 0.0697. The molecular formula is C23H20F2N2O4S. The van der Waals surface area contributed by atoms with Gasteiger partial charge in [0.2, 0.25) is 0 Å². The monoisotopic (exact) mass is 458 g/mol. The second-order valence-corrected chi connectivity index (χ2v) is 9.40. The first kappa shape index (κ1) is 21.8. The van der Waals surface area contributed by atoms with E-state index in [4.69, 9.17) is 4.74 Å². The molecular weight excluding hydrogens is 438 g/mol. The van der Waals surface area contributed by atoms with Gasteiger partial charge in [0.25, 0.3) is 15.9 Å². The van der Waals surface area contributed by atoms with Crippen LogP contribution in [0.3, 0.4) is 0 Å². The summed E-state index contributed by atoms with van der Waals surface area (Å²) < 4.78 is 60.8. The number of ether oxygens (including phenoxy) is 1. The van der Waals surface area contributed by atoms with Gasteiger partial charge in [0, 0.05) is 6.07 Å². The molecule has 166 valence electrons. The number of carbonyl (C=O) groups is 1. The summed E-state index contributed by atoms with van der Waals surface area (Å²) in [6.45, 7) is 3.33. The summed E-state index contributed by atoms with van der Waals surface area (Å²) in [7, 11) is -4.01. The molecule has 0 radical (unpaired) electrons. The van der Waals surface area contributed by atoms with Gasteiger partial charge in [-0.2, -0.15) is 0 Å². The third kappa shape index (κ3) is 4.16. The molecule has 6 nitrogen and oxygen atoms in total. The number of carbonyl (C=O) groups excluding carboxylic acids is 1. The van der Waals surface area contributed by atoms with E-state index in [9.17, 15) is 22.0 Å². The van der Waals surface area contributed by atoms with Crippen LogP contribution < -0.4 is 14.4 Å². The van der Waals surface area contributed by atoms with Gasteiger partial charge in [-0.25, -0.2) is 17.2 Å². The lowest BCUT2D eigenvalue weighted by atomic mass is 10.1. The first-order chi connectivity index (χ1) is 15.1. The summed E-state index contributed by atoms with van der Waals surface area (Å²) in [5.74, 6) is -2.28. The Balaban J connectivity index is 1.69. The molecule has 0 spiro atoms. The number of nitrogens with one attached hydrogen (secondary N) is 1. The van der Waals surface area contributed by atoms with Crippen molar-refractivity contribution >= 4 is 27.3 Å². The van der Waals surface area contributed by atoms with Crippen molar-refractivity contribution in [2.45, 2.75) is 24.8 Å². The average Bonchev–Trinajstić information content (AvgIpc) is 2.74. The second-order valence-electron chi connectivity index (χ2n) is 7.54. The zero-order valence-electron chi connectivity index (χ0n) is 17.3. The number of fused-ring (bicyclic) bond motifs is 1. The Hall–Kier alpha value is -3.46. The quantitative estimate of drug-likeness (QED) is 0.637. The van der Waals surface area contributed by atoms with E-state index >= 15 is 0 Å². The minimum atomic E-state index is -4.01. The number of nitrogens with zero attached hydrogens (tertiary/aromatic N) is 1. The highest BCUT2D eigenvalue weighted by Gasteiger charge is 2.37. The Morgan fingerprint density at radius 1 is 1.00 bits per heavy atom. The number of sulfonamides is 1. The molecule has 0 saturated heterocycles. The van der Waals surface area contributed by atoms with Gasteiger partial charge in [0.15, 0.2) is 6.10 Å². The Kier molecular flexibility index (Phi) is 5.60. The number of hydrogen-bond acceptors (Lipinski definition) is 4. The van der Waals surface area contributed by atoms with Crippen LogP contribution in [0.1, 0.15) is 11.1 Å². The molecule has 1 heterocycles. The van der Waals surface area contributed by atoms with Crippen molar-refractivity contribution in [1.82, 2.24) is 0 Å². The molecule has 9 heteroatoms. The van der Waals surface area contributed by atoms with E-state index in [1.807, 2.05) is 6.92 Å². The molecule has 1 aliphatic heterocycles. The molecule has 3 aromatic carbocycles. The maximum absolute atomic E-state index is 14.0. The molecule has 32 heavy (non-hydrogen) atoms. The summed E-state index contributed by atoms with van der Waals surface area (Å²) in [5.41, 5.74) is 1.78. The van der Waals surface area contributed by atoms with Crippen molar-refractivity contribution in [1.29, 1.82) is 0 Å². The fourth-order valence-electron chi connectivity index (χ4n) is 3.37. The molecule has 0 bridgehead atoms. The summed E-state index contributed by atoms with van der Waals surface area (Å²) >= 11 is 0. The lowest BCUT2D eigenvalue weighted by Gasteiger charge is -2.35. The Morgan fingerprint density at radius 3 is 2.38 bits per heavy atom. The van der Waals surface area contributed by atoms with E-state index in [-0.39, 0.29) is 22.9 Å². The predicted molar refractivity (Wildman–Crippen MR) is 116 cm³/mol. The van der Waals surface area contributed by atoms with Crippen molar-refractivity contribution in [2.24, 2.45) is 0 Å². The molecule has 0 saturated carbocycles. The van der Waals surface area contributed by atoms with Crippen molar-refractivity contribution in [3.63, 3.8) is 0 Å². The van der Waals surface area contributed by atoms with E-state index in [0.717, 1.165) is 27.6 Å². The van der Waals surface area contributed by atoms with Crippen molar-refractivity contribution < 1.29 is 26.7 Å². The average molecular weight is 458 g/mol. The van der Waals surface area contributed by atoms with Gasteiger partial charge in [-0.15, -0.1) is 0 Å². The van der Waals surface area contributed by atoms with E-state index < -0.39 is 33.7 Å². The third-order valence-electron chi connectivity index (χ3n) is 5.08. The maximum atomic E-state index is 14.0. The number of halogens is 2. The number of anilines is 2. The van der Waals surface area contributed by atoms with Crippen LogP contribution in [-0.4, -0.2) is 27.0 Å². The molecule has 0 aliphatic carbocycles. The van der Waals surface area contributed by atoms with Crippen molar-refractivity contribution in [3.8, 4) is 5.75 Å². The Morgan fingerprint density at radius 2 is 1.69 bits per heavy atom. The van der Waals surface area contributed by atoms with Crippen LogP contribution >= 0.6 is 0 Å². The van der Waals surface area contributed by atoms with Gasteiger partial charge in [-0.3, -0.25) is 9.10 Å². The highest BCUT2D eigenvalue weighted by Crippen LogP contribution is 2.38. The number of benzene rings is 3. The molecule has 1 N–H and O–H groups in total. The first-order valence-corrected chi connectivity index (χ1v) is 11.2. The van der Waals surface area contributed by atoms with Crippen LogP contribution in [0.25, 0.3) is 0 Å². The Labute approximate surface area is 184 Å². The molecule has 0 unspecified atom stereocenters. The number of amides is 1. The SMILES string of the molecule is Cc1ccc(S(=O)(=O)N2C[C@H](C(=O)Nc3ccc(F)cc3F)Oc3cc(C)ccc32)cc1. The van der Waals surface area contributed by atoms with E-state index in [1.54, 1.807) is 37.3 Å². The Bertz CT molecular complexity index is 1290. The highest BCUT2D eigenvalue weighted by molar-refractivity contribution is 7.92. The largest absolute Gasteiger partial charge is 0.476 e. The normalized spacial score (nSPS) is 15.6. The topological polar surface area (TPSA) is 75.7 Å². The lowest BCUT2D eigenvalue weighted by molar-refractivity contribution is -0.122. The summed E-state index contributed by atoms with van der Waals surface area (Å²) in [6.07, 6.45) is -1.26. The highest BCUT2D eigenvalue weighted by atomic mass is 32.2. The van der Waals surface area contributed by atoms with Gasteiger partial charge < -0.3 is 10.1 Å². The van der Waals surface area contributed by atoms with E-state index in [2.05, 4.69) is 5.32 Å². The summed E-state index contributed by atoms with van der Waals surface area (Å²) in [5, 5.41) is 2.34. The number of rotatable bonds is 4. The third-order valence-corrected chi connectivity index (χ3v) is 6.87. The molecule has 3 aromatic rings. The fourth-order valence-corrected chi connectivity index (χ4v) is 4.84. The molecule has 4 rings (SSSR count). The van der Waals surface area contributed by atoms with E-state index in [1.165, 1.54) is 12.1 Å². The summed E-state index contributed by atoms with van der Waals surface area (Å²) in [6, 6.07) is 14.1. The standard InChI is InChI=1S/C23H20F2N2O4S/c1-14-3-7-17(8-4-14)32(29,30)27-13-22(31-21-11-15(2)5-10-20(21)27)23(28)26-19-9-6-16(24)12-18(19)25/h3-12,22H,13H2,1-2H3,(H,26,28)/t22-/m1/s1.